The third-order valence-corrected chi connectivity index (χ3v) is 5.59. The highest BCUT2D eigenvalue weighted by molar-refractivity contribution is 7.99. The minimum atomic E-state index is 0.502. The van der Waals surface area contributed by atoms with Gasteiger partial charge in [0.05, 0.1) is 0 Å². The van der Waals surface area contributed by atoms with Gasteiger partial charge in [-0.15, -0.1) is 0 Å². The van der Waals surface area contributed by atoms with Crippen molar-refractivity contribution in [1.29, 1.82) is 0 Å². The van der Waals surface area contributed by atoms with Crippen molar-refractivity contribution in [2.24, 2.45) is 11.3 Å². The normalized spacial score (nSPS) is 33.9. The molecule has 0 saturated carbocycles. The van der Waals surface area contributed by atoms with Gasteiger partial charge >= 0.3 is 0 Å². The van der Waals surface area contributed by atoms with Gasteiger partial charge in [0.25, 0.3) is 0 Å². The monoisotopic (exact) mass is 256 g/mol. The zero-order valence-corrected chi connectivity index (χ0v) is 12.5. The predicted molar refractivity (Wildman–Crippen MR) is 77.7 cm³/mol. The summed E-state index contributed by atoms with van der Waals surface area (Å²) in [6.07, 6.45) is 4.15. The Balaban J connectivity index is 1.87. The van der Waals surface area contributed by atoms with Crippen molar-refractivity contribution in [3.63, 3.8) is 0 Å². The molecule has 2 atom stereocenters. The third-order valence-electron chi connectivity index (χ3n) is 4.55. The summed E-state index contributed by atoms with van der Waals surface area (Å²) in [5.41, 5.74) is 0.502. The van der Waals surface area contributed by atoms with Crippen LogP contribution < -0.4 is 5.32 Å². The molecule has 100 valence electrons. The second-order valence-electron chi connectivity index (χ2n) is 6.48. The van der Waals surface area contributed by atoms with Crippen LogP contribution in [0.15, 0.2) is 0 Å². The maximum atomic E-state index is 3.53. The van der Waals surface area contributed by atoms with Gasteiger partial charge in [-0.2, -0.15) is 11.8 Å². The molecular weight excluding hydrogens is 228 g/mol. The van der Waals surface area contributed by atoms with E-state index in [1.807, 2.05) is 0 Å². The third kappa shape index (κ3) is 3.62. The van der Waals surface area contributed by atoms with Crippen molar-refractivity contribution in [2.45, 2.75) is 39.2 Å². The molecule has 0 amide bonds. The van der Waals surface area contributed by atoms with E-state index in [1.165, 1.54) is 50.4 Å². The van der Waals surface area contributed by atoms with Crippen LogP contribution in [0.2, 0.25) is 0 Å². The fourth-order valence-electron chi connectivity index (χ4n) is 3.26. The van der Waals surface area contributed by atoms with Gasteiger partial charge in [0.1, 0.15) is 0 Å². The number of piperidine rings is 1. The van der Waals surface area contributed by atoms with Gasteiger partial charge < -0.3 is 10.2 Å². The topological polar surface area (TPSA) is 15.3 Å². The zero-order chi connectivity index (χ0) is 12.3. The highest BCUT2D eigenvalue weighted by Crippen LogP contribution is 2.37. The molecule has 2 aliphatic rings. The van der Waals surface area contributed by atoms with Crippen molar-refractivity contribution in [1.82, 2.24) is 10.2 Å². The Labute approximate surface area is 111 Å². The first kappa shape index (κ1) is 13.7. The molecule has 0 aromatic carbocycles. The quantitative estimate of drug-likeness (QED) is 0.835. The van der Waals surface area contributed by atoms with Crippen LogP contribution in [0.5, 0.6) is 0 Å². The van der Waals surface area contributed by atoms with E-state index in [0.29, 0.717) is 5.41 Å². The lowest BCUT2D eigenvalue weighted by Gasteiger charge is -2.45. The molecule has 1 N–H and O–H groups in total. The Morgan fingerprint density at radius 2 is 2.24 bits per heavy atom. The molecule has 0 spiro atoms. The molecule has 2 heterocycles. The summed E-state index contributed by atoms with van der Waals surface area (Å²) in [6, 6.07) is 0.767. The molecule has 2 unspecified atom stereocenters. The van der Waals surface area contributed by atoms with E-state index < -0.39 is 0 Å². The van der Waals surface area contributed by atoms with Gasteiger partial charge in [-0.1, -0.05) is 13.8 Å². The van der Waals surface area contributed by atoms with Crippen LogP contribution in [0.3, 0.4) is 0 Å². The molecule has 17 heavy (non-hydrogen) atoms. The average Bonchev–Trinajstić information content (AvgIpc) is 2.29. The van der Waals surface area contributed by atoms with Crippen molar-refractivity contribution in [2.75, 3.05) is 38.2 Å². The molecule has 0 bridgehead atoms. The maximum absolute atomic E-state index is 3.53. The summed E-state index contributed by atoms with van der Waals surface area (Å²) in [7, 11) is 2.34. The number of nitrogens with zero attached hydrogens (tertiary/aromatic N) is 1. The van der Waals surface area contributed by atoms with Crippen LogP contribution in [0, 0.1) is 11.3 Å². The SMILES string of the molecule is CN(CC1CCCNC1)C1CSCCC1(C)C. The molecule has 2 fully saturated rings. The van der Waals surface area contributed by atoms with Gasteiger partial charge in [0, 0.05) is 18.3 Å². The van der Waals surface area contributed by atoms with E-state index in [0.717, 1.165) is 12.0 Å². The fourth-order valence-corrected chi connectivity index (χ4v) is 5.03. The largest absolute Gasteiger partial charge is 0.316 e. The highest BCUT2D eigenvalue weighted by Gasteiger charge is 2.35. The standard InChI is InChI=1S/C14H28N2S/c1-14(2)6-8-17-11-13(14)16(3)10-12-5-4-7-15-9-12/h12-13,15H,4-11H2,1-3H3. The van der Waals surface area contributed by atoms with Crippen LogP contribution in [-0.4, -0.2) is 49.1 Å². The number of nitrogens with one attached hydrogen (secondary N) is 1. The Morgan fingerprint density at radius 3 is 2.88 bits per heavy atom. The number of rotatable bonds is 3. The Bertz CT molecular complexity index is 236. The van der Waals surface area contributed by atoms with Gasteiger partial charge in [-0.3, -0.25) is 0 Å². The van der Waals surface area contributed by atoms with Gasteiger partial charge in [0.15, 0.2) is 0 Å². The van der Waals surface area contributed by atoms with Crippen LogP contribution in [-0.2, 0) is 0 Å². The molecule has 0 radical (unpaired) electrons. The van der Waals surface area contributed by atoms with Crippen molar-refractivity contribution in [3.8, 4) is 0 Å². The number of hydrogen-bond donors (Lipinski definition) is 1. The molecule has 2 aliphatic heterocycles. The smallest absolute Gasteiger partial charge is 0.0234 e. The van der Waals surface area contributed by atoms with Crippen LogP contribution in [0.1, 0.15) is 33.1 Å². The molecule has 3 heteroatoms. The molecular formula is C14H28N2S. The predicted octanol–water partition coefficient (Wildman–Crippen LogP) is 2.45. The Morgan fingerprint density at radius 1 is 1.41 bits per heavy atom. The van der Waals surface area contributed by atoms with Gasteiger partial charge in [0.2, 0.25) is 0 Å². The molecule has 0 aromatic rings. The van der Waals surface area contributed by atoms with Crippen molar-refractivity contribution >= 4 is 11.8 Å². The van der Waals surface area contributed by atoms with Gasteiger partial charge in [-0.25, -0.2) is 0 Å². The zero-order valence-electron chi connectivity index (χ0n) is 11.7. The lowest BCUT2D eigenvalue weighted by Crippen LogP contribution is -2.50. The first-order valence-electron chi connectivity index (χ1n) is 7.08. The van der Waals surface area contributed by atoms with E-state index in [4.69, 9.17) is 0 Å². The lowest BCUT2D eigenvalue weighted by atomic mass is 9.81. The van der Waals surface area contributed by atoms with E-state index in [-0.39, 0.29) is 0 Å². The van der Waals surface area contributed by atoms with Gasteiger partial charge in [-0.05, 0) is 56.5 Å². The second-order valence-corrected chi connectivity index (χ2v) is 7.63. The molecule has 0 aliphatic carbocycles. The van der Waals surface area contributed by atoms with E-state index in [1.54, 1.807) is 0 Å². The van der Waals surface area contributed by atoms with Crippen molar-refractivity contribution < 1.29 is 0 Å². The van der Waals surface area contributed by atoms with E-state index >= 15 is 0 Å². The highest BCUT2D eigenvalue weighted by atomic mass is 32.2. The summed E-state index contributed by atoms with van der Waals surface area (Å²) >= 11 is 2.14. The van der Waals surface area contributed by atoms with E-state index in [2.05, 4.69) is 42.9 Å². The number of thioether (sulfide) groups is 1. The summed E-state index contributed by atoms with van der Waals surface area (Å²) in [4.78, 5) is 2.64. The fraction of sp³-hybridized carbons (Fsp3) is 1.00. The maximum Gasteiger partial charge on any atom is 0.0234 e. The van der Waals surface area contributed by atoms with Crippen LogP contribution in [0.4, 0.5) is 0 Å². The molecule has 2 nitrogen and oxygen atoms in total. The second kappa shape index (κ2) is 5.94. The Hall–Kier alpha value is 0.270. The average molecular weight is 256 g/mol. The summed E-state index contributed by atoms with van der Waals surface area (Å²) < 4.78 is 0. The summed E-state index contributed by atoms with van der Waals surface area (Å²) in [6.45, 7) is 8.64. The van der Waals surface area contributed by atoms with Crippen LogP contribution >= 0.6 is 11.8 Å². The summed E-state index contributed by atoms with van der Waals surface area (Å²) in [5.74, 6) is 3.54. The van der Waals surface area contributed by atoms with Crippen molar-refractivity contribution in [3.05, 3.63) is 0 Å². The number of hydrogen-bond acceptors (Lipinski definition) is 3. The first-order chi connectivity index (χ1) is 8.09. The van der Waals surface area contributed by atoms with E-state index in [9.17, 15) is 0 Å². The molecule has 0 aromatic heterocycles. The lowest BCUT2D eigenvalue weighted by molar-refractivity contribution is 0.101. The Kier molecular flexibility index (Phi) is 4.79. The van der Waals surface area contributed by atoms with Crippen LogP contribution in [0.25, 0.3) is 0 Å². The first-order valence-corrected chi connectivity index (χ1v) is 8.24. The minimum Gasteiger partial charge on any atom is -0.316 e. The summed E-state index contributed by atoms with van der Waals surface area (Å²) in [5, 5.41) is 3.53. The minimum absolute atomic E-state index is 0.502. The molecule has 2 saturated heterocycles. The molecule has 2 rings (SSSR count).